The monoisotopic (exact) mass is 410 g/mol. The third-order valence-electron chi connectivity index (χ3n) is 4.59. The predicted octanol–water partition coefficient (Wildman–Crippen LogP) is 7.05. The molecule has 0 fully saturated rings. The van der Waals surface area contributed by atoms with Gasteiger partial charge in [-0.25, -0.2) is 0 Å². The fourth-order valence-corrected chi connectivity index (χ4v) is 4.01. The van der Waals surface area contributed by atoms with Gasteiger partial charge < -0.3 is 9.79 Å². The summed E-state index contributed by atoms with van der Waals surface area (Å²) >= 11 is 9.10. The third kappa shape index (κ3) is 24.6. The van der Waals surface area contributed by atoms with Gasteiger partial charge in [-0.15, -0.1) is 12.6 Å². The highest BCUT2D eigenvalue weighted by Gasteiger charge is 2.10. The van der Waals surface area contributed by atoms with Crippen LogP contribution in [0.4, 0.5) is 0 Å². The van der Waals surface area contributed by atoms with Crippen LogP contribution in [-0.2, 0) is 4.57 Å². The Bertz CT molecular complexity index is 359. The molecule has 0 aliphatic heterocycles. The van der Waals surface area contributed by atoms with E-state index in [4.69, 9.17) is 22.0 Å². The molecule has 0 spiro atoms. The number of thiocarbonyl (C=S) groups is 1. The lowest BCUT2D eigenvalue weighted by atomic mass is 10.0. The molecule has 6 heteroatoms. The Morgan fingerprint density at radius 1 is 0.640 bits per heavy atom. The molecule has 0 heterocycles. The summed E-state index contributed by atoms with van der Waals surface area (Å²) in [6.07, 6.45) is 20.9. The van der Waals surface area contributed by atoms with Crippen LogP contribution in [-0.4, -0.2) is 20.1 Å². The Morgan fingerprint density at radius 2 is 0.920 bits per heavy atom. The zero-order chi connectivity index (χ0) is 18.8. The second-order valence-electron chi connectivity index (χ2n) is 7.19. The van der Waals surface area contributed by atoms with Gasteiger partial charge in [0.1, 0.15) is 0 Å². The summed E-state index contributed by atoms with van der Waals surface area (Å²) in [5, 5.41) is 0. The molecule has 0 aromatic rings. The largest absolute Gasteiger partial charge is 0.325 e. The minimum Gasteiger partial charge on any atom is -0.324 e. The molecule has 0 amide bonds. The molecule has 0 saturated heterocycles. The molecule has 2 N–H and O–H groups in total. The molecule has 0 unspecified atom stereocenters. The van der Waals surface area contributed by atoms with E-state index in [0.717, 1.165) is 23.5 Å². The van der Waals surface area contributed by atoms with Crippen molar-refractivity contribution in [2.75, 3.05) is 6.16 Å². The molecule has 25 heavy (non-hydrogen) atoms. The van der Waals surface area contributed by atoms with Crippen LogP contribution in [0.2, 0.25) is 0 Å². The molecule has 150 valence electrons. The van der Waals surface area contributed by atoms with Crippen LogP contribution in [0, 0.1) is 0 Å². The Kier molecular flexibility index (Phi) is 18.4. The fourth-order valence-electron chi connectivity index (χ4n) is 3.07. The highest BCUT2D eigenvalue weighted by Crippen LogP contribution is 2.35. The Hall–Kier alpha value is 0.590. The number of thiol groups is 1. The van der Waals surface area contributed by atoms with Gasteiger partial charge >= 0.3 is 7.60 Å². The Balaban J connectivity index is 3.05. The van der Waals surface area contributed by atoms with Gasteiger partial charge in [-0.05, 0) is 19.3 Å². The van der Waals surface area contributed by atoms with E-state index in [9.17, 15) is 4.57 Å². The molecule has 0 aliphatic carbocycles. The summed E-state index contributed by atoms with van der Waals surface area (Å²) in [4.78, 5) is 17.5. The average Bonchev–Trinajstić information content (AvgIpc) is 2.52. The molecule has 0 aromatic carbocycles. The van der Waals surface area contributed by atoms with E-state index < -0.39 is 7.60 Å². The lowest BCUT2D eigenvalue weighted by Gasteiger charge is -2.04. The number of unbranched alkanes of at least 4 members (excludes halogenated alkanes) is 15. The third-order valence-corrected chi connectivity index (χ3v) is 5.92. The van der Waals surface area contributed by atoms with Crippen molar-refractivity contribution >= 4 is 36.6 Å². The van der Waals surface area contributed by atoms with E-state index in [1.54, 1.807) is 0 Å². The normalized spacial score (nSPS) is 11.8. The van der Waals surface area contributed by atoms with E-state index in [1.165, 1.54) is 83.5 Å². The molecule has 0 aliphatic rings. The standard InChI is InChI=1S/C19H39O3PS2/c20-23(21,22)18-16-14-12-10-8-6-4-2-1-3-5-7-9-11-13-15-17-19(24)25/h1-18H2,(H,24,25)(H2,20,21,22). The van der Waals surface area contributed by atoms with E-state index in [-0.39, 0.29) is 6.16 Å². The fraction of sp³-hybridized carbons (Fsp3) is 0.947. The first-order chi connectivity index (χ1) is 11.9. The van der Waals surface area contributed by atoms with Gasteiger partial charge in [0, 0.05) is 10.4 Å². The number of rotatable bonds is 19. The second-order valence-corrected chi connectivity index (χ2v) is 10.3. The zero-order valence-corrected chi connectivity index (χ0v) is 18.4. The summed E-state index contributed by atoms with van der Waals surface area (Å²) < 4.78 is 11.5. The molecule has 0 aromatic heterocycles. The van der Waals surface area contributed by atoms with Gasteiger partial charge in [0.2, 0.25) is 0 Å². The van der Waals surface area contributed by atoms with Crippen molar-refractivity contribution in [2.24, 2.45) is 0 Å². The van der Waals surface area contributed by atoms with Crippen molar-refractivity contribution in [3.8, 4) is 0 Å². The van der Waals surface area contributed by atoms with Crippen LogP contribution in [0.25, 0.3) is 0 Å². The molecule has 0 saturated carbocycles. The van der Waals surface area contributed by atoms with E-state index in [2.05, 4.69) is 12.6 Å². The molecule has 0 rings (SSSR count). The first kappa shape index (κ1) is 25.6. The van der Waals surface area contributed by atoms with E-state index in [1.807, 2.05) is 0 Å². The van der Waals surface area contributed by atoms with E-state index >= 15 is 0 Å². The summed E-state index contributed by atoms with van der Waals surface area (Å²) in [5.74, 6) is 0. The molecule has 0 bridgehead atoms. The van der Waals surface area contributed by atoms with Crippen LogP contribution in [0.1, 0.15) is 109 Å². The van der Waals surface area contributed by atoms with Crippen molar-refractivity contribution in [1.29, 1.82) is 0 Å². The maximum atomic E-state index is 10.7. The average molecular weight is 411 g/mol. The molecule has 0 atom stereocenters. The van der Waals surface area contributed by atoms with Gasteiger partial charge in [-0.2, -0.15) is 0 Å². The van der Waals surface area contributed by atoms with Crippen molar-refractivity contribution in [1.82, 2.24) is 0 Å². The van der Waals surface area contributed by atoms with Gasteiger partial charge in [0.25, 0.3) is 0 Å². The van der Waals surface area contributed by atoms with Crippen molar-refractivity contribution < 1.29 is 14.4 Å². The lowest BCUT2D eigenvalue weighted by molar-refractivity contribution is 0.370. The smallest absolute Gasteiger partial charge is 0.324 e. The van der Waals surface area contributed by atoms with Crippen LogP contribution in [0.3, 0.4) is 0 Å². The first-order valence-electron chi connectivity index (χ1n) is 10.2. The quantitative estimate of drug-likeness (QED) is 0.0924. The van der Waals surface area contributed by atoms with Gasteiger partial charge in [-0.1, -0.05) is 102 Å². The van der Waals surface area contributed by atoms with Crippen molar-refractivity contribution in [3.05, 3.63) is 0 Å². The van der Waals surface area contributed by atoms with Crippen molar-refractivity contribution in [2.45, 2.75) is 109 Å². The van der Waals surface area contributed by atoms with Gasteiger partial charge in [-0.3, -0.25) is 4.57 Å². The van der Waals surface area contributed by atoms with Crippen LogP contribution in [0.5, 0.6) is 0 Å². The topological polar surface area (TPSA) is 57.5 Å². The molecular formula is C19H39O3PS2. The Morgan fingerprint density at radius 3 is 1.20 bits per heavy atom. The summed E-state index contributed by atoms with van der Waals surface area (Å²) in [5.41, 5.74) is 0. The Labute approximate surface area is 166 Å². The number of hydrogen-bond donors (Lipinski definition) is 3. The first-order valence-corrected chi connectivity index (χ1v) is 12.8. The molecular weight excluding hydrogens is 371 g/mol. The van der Waals surface area contributed by atoms with Gasteiger partial charge in [0.05, 0.1) is 0 Å². The predicted molar refractivity (Wildman–Crippen MR) is 117 cm³/mol. The summed E-state index contributed by atoms with van der Waals surface area (Å²) in [6.45, 7) is 0. The SMILES string of the molecule is O=P(O)(O)CCCCCCCCCCCCCCCCCCC(=S)S. The van der Waals surface area contributed by atoms with Crippen LogP contribution >= 0.6 is 32.4 Å². The maximum absolute atomic E-state index is 10.7. The zero-order valence-electron chi connectivity index (χ0n) is 15.8. The highest BCUT2D eigenvalue weighted by atomic mass is 32.1. The lowest BCUT2D eigenvalue weighted by Crippen LogP contribution is -1.88. The second kappa shape index (κ2) is 18.0. The highest BCUT2D eigenvalue weighted by molar-refractivity contribution is 8.11. The van der Waals surface area contributed by atoms with E-state index in [0.29, 0.717) is 6.42 Å². The van der Waals surface area contributed by atoms with Crippen molar-refractivity contribution in [3.63, 3.8) is 0 Å². The molecule has 3 nitrogen and oxygen atoms in total. The minimum atomic E-state index is -3.77. The summed E-state index contributed by atoms with van der Waals surface area (Å²) in [7, 11) is -3.77. The number of hydrogen-bond acceptors (Lipinski definition) is 2. The van der Waals surface area contributed by atoms with Gasteiger partial charge in [0.15, 0.2) is 0 Å². The minimum absolute atomic E-state index is 0.0523. The maximum Gasteiger partial charge on any atom is 0.325 e. The van der Waals surface area contributed by atoms with Crippen LogP contribution in [0.15, 0.2) is 0 Å². The summed E-state index contributed by atoms with van der Waals surface area (Å²) in [6, 6.07) is 0. The molecule has 0 radical (unpaired) electrons. The van der Waals surface area contributed by atoms with Crippen LogP contribution < -0.4 is 0 Å².